The second-order valence-corrected chi connectivity index (χ2v) is 7.46. The van der Waals surface area contributed by atoms with Crippen LogP contribution in [0.25, 0.3) is 38.8 Å². The molecule has 150 valence electrons. The first-order valence-corrected chi connectivity index (χ1v) is 9.63. The van der Waals surface area contributed by atoms with Gasteiger partial charge in [0.25, 0.3) is 0 Å². The van der Waals surface area contributed by atoms with Crippen molar-refractivity contribution in [2.45, 2.75) is 13.5 Å². The van der Waals surface area contributed by atoms with E-state index in [9.17, 15) is 4.79 Å². The van der Waals surface area contributed by atoms with E-state index in [1.807, 2.05) is 44.6 Å². The van der Waals surface area contributed by atoms with Gasteiger partial charge in [-0.3, -0.25) is 23.8 Å². The van der Waals surface area contributed by atoms with E-state index in [0.29, 0.717) is 6.54 Å². The molecule has 0 radical (unpaired) electrons. The van der Waals surface area contributed by atoms with Crippen molar-refractivity contribution in [2.75, 3.05) is 0 Å². The molecule has 4 aromatic heterocycles. The van der Waals surface area contributed by atoms with Crippen molar-refractivity contribution in [3.05, 3.63) is 70.8 Å². The van der Waals surface area contributed by atoms with Crippen LogP contribution in [0, 0.1) is 6.92 Å². The van der Waals surface area contributed by atoms with Crippen molar-refractivity contribution in [3.63, 3.8) is 0 Å². The number of benzene rings is 1. The van der Waals surface area contributed by atoms with Gasteiger partial charge in [0.05, 0.1) is 34.1 Å². The zero-order chi connectivity index (χ0) is 21.0. The highest BCUT2D eigenvalue weighted by atomic mass is 16.1. The summed E-state index contributed by atoms with van der Waals surface area (Å²) in [7, 11) is 3.61. The molecular formula is C22H21N7O. The Morgan fingerprint density at radius 2 is 1.90 bits per heavy atom. The predicted octanol–water partition coefficient (Wildman–Crippen LogP) is 2.44. The largest absolute Gasteiger partial charge is 0.333 e. The van der Waals surface area contributed by atoms with E-state index in [1.165, 1.54) is 0 Å². The third-order valence-corrected chi connectivity index (χ3v) is 5.48. The molecule has 8 nitrogen and oxygen atoms in total. The Kier molecular flexibility index (Phi) is 4.04. The quantitative estimate of drug-likeness (QED) is 0.503. The number of aromatic nitrogens is 6. The minimum absolute atomic E-state index is 0.132. The van der Waals surface area contributed by atoms with Crippen LogP contribution in [0.4, 0.5) is 0 Å². The van der Waals surface area contributed by atoms with Crippen LogP contribution >= 0.6 is 0 Å². The number of imidazole rings is 1. The number of pyridine rings is 2. The summed E-state index contributed by atoms with van der Waals surface area (Å²) in [6, 6.07) is 8.07. The van der Waals surface area contributed by atoms with Gasteiger partial charge in [-0.2, -0.15) is 5.10 Å². The average Bonchev–Trinajstić information content (AvgIpc) is 3.22. The van der Waals surface area contributed by atoms with Crippen LogP contribution in [0.3, 0.4) is 0 Å². The van der Waals surface area contributed by atoms with Crippen LogP contribution in [0.1, 0.15) is 11.3 Å². The number of nitrogens with two attached hydrogens (primary N) is 1. The Morgan fingerprint density at radius 1 is 1.07 bits per heavy atom. The molecule has 0 amide bonds. The maximum atomic E-state index is 13.2. The zero-order valence-electron chi connectivity index (χ0n) is 17.0. The molecule has 2 N–H and O–H groups in total. The second kappa shape index (κ2) is 6.64. The van der Waals surface area contributed by atoms with Crippen LogP contribution in [0.2, 0.25) is 0 Å². The third-order valence-electron chi connectivity index (χ3n) is 5.48. The van der Waals surface area contributed by atoms with Crippen molar-refractivity contribution in [2.24, 2.45) is 19.8 Å². The van der Waals surface area contributed by atoms with Gasteiger partial charge in [-0.15, -0.1) is 0 Å². The molecule has 0 unspecified atom stereocenters. The van der Waals surface area contributed by atoms with Crippen molar-refractivity contribution in [3.8, 4) is 16.8 Å². The van der Waals surface area contributed by atoms with E-state index in [0.717, 1.165) is 50.0 Å². The lowest BCUT2D eigenvalue weighted by Crippen LogP contribution is -2.21. The lowest BCUT2D eigenvalue weighted by Gasteiger charge is -2.08. The molecule has 0 aliphatic heterocycles. The lowest BCUT2D eigenvalue weighted by atomic mass is 10.0. The molecule has 0 aliphatic rings. The van der Waals surface area contributed by atoms with E-state index in [-0.39, 0.29) is 5.69 Å². The fraction of sp³-hybridized carbons (Fsp3) is 0.182. The Morgan fingerprint density at radius 3 is 2.63 bits per heavy atom. The van der Waals surface area contributed by atoms with Gasteiger partial charge in [-0.1, -0.05) is 6.07 Å². The number of hydrogen-bond acceptors (Lipinski definition) is 5. The lowest BCUT2D eigenvalue weighted by molar-refractivity contribution is 0.756. The highest BCUT2D eigenvalue weighted by Gasteiger charge is 2.19. The number of aryl methyl sites for hydroxylation is 3. The molecule has 8 heteroatoms. The van der Waals surface area contributed by atoms with Crippen LogP contribution in [0.5, 0.6) is 0 Å². The summed E-state index contributed by atoms with van der Waals surface area (Å²) in [4.78, 5) is 22.1. The SMILES string of the molecule is Cc1nn(C)cc1-n1c(=O)n(C)c2cnc3ccc(-c4cncc(CN)c4)cc3c21. The normalized spacial score (nSPS) is 11.6. The molecule has 0 bridgehead atoms. The van der Waals surface area contributed by atoms with Crippen molar-refractivity contribution >= 4 is 21.9 Å². The molecule has 0 atom stereocenters. The number of fused-ring (bicyclic) bond motifs is 3. The first-order chi connectivity index (χ1) is 14.5. The molecule has 0 fully saturated rings. The first kappa shape index (κ1) is 18.3. The average molecular weight is 399 g/mol. The summed E-state index contributed by atoms with van der Waals surface area (Å²) in [5, 5.41) is 5.31. The number of hydrogen-bond donors (Lipinski definition) is 1. The highest BCUT2D eigenvalue weighted by molar-refractivity contribution is 6.04. The zero-order valence-corrected chi connectivity index (χ0v) is 17.0. The molecule has 30 heavy (non-hydrogen) atoms. The Bertz CT molecular complexity index is 1490. The molecule has 0 aliphatic carbocycles. The molecule has 5 aromatic rings. The van der Waals surface area contributed by atoms with Crippen LogP contribution in [0.15, 0.2) is 53.8 Å². The first-order valence-electron chi connectivity index (χ1n) is 9.63. The van der Waals surface area contributed by atoms with Crippen LogP contribution in [-0.4, -0.2) is 28.9 Å². The van der Waals surface area contributed by atoms with E-state index >= 15 is 0 Å². The van der Waals surface area contributed by atoms with Crippen molar-refractivity contribution in [1.29, 1.82) is 0 Å². The molecule has 0 saturated heterocycles. The maximum absolute atomic E-state index is 13.2. The van der Waals surface area contributed by atoms with E-state index in [2.05, 4.69) is 21.1 Å². The molecule has 0 spiro atoms. The van der Waals surface area contributed by atoms with Crippen LogP contribution < -0.4 is 11.4 Å². The van der Waals surface area contributed by atoms with Gasteiger partial charge in [-0.25, -0.2) is 4.79 Å². The maximum Gasteiger partial charge on any atom is 0.333 e. The third kappa shape index (κ3) is 2.65. The minimum atomic E-state index is -0.132. The Labute approximate surface area is 172 Å². The van der Waals surface area contributed by atoms with Gasteiger partial charge in [0.1, 0.15) is 0 Å². The topological polar surface area (TPSA) is 96.5 Å². The predicted molar refractivity (Wildman–Crippen MR) is 116 cm³/mol. The summed E-state index contributed by atoms with van der Waals surface area (Å²) in [5.74, 6) is 0. The summed E-state index contributed by atoms with van der Waals surface area (Å²) in [5.41, 5.74) is 12.5. The Hall–Kier alpha value is -3.78. The smallest absolute Gasteiger partial charge is 0.326 e. The fourth-order valence-electron chi connectivity index (χ4n) is 3.96. The minimum Gasteiger partial charge on any atom is -0.326 e. The highest BCUT2D eigenvalue weighted by Crippen LogP contribution is 2.30. The summed E-state index contributed by atoms with van der Waals surface area (Å²) >= 11 is 0. The van der Waals surface area contributed by atoms with Gasteiger partial charge in [-0.05, 0) is 36.2 Å². The fourth-order valence-corrected chi connectivity index (χ4v) is 3.96. The van der Waals surface area contributed by atoms with Crippen LogP contribution in [-0.2, 0) is 20.6 Å². The van der Waals surface area contributed by atoms with Gasteiger partial charge in [0, 0.05) is 50.2 Å². The molecular weight excluding hydrogens is 378 g/mol. The van der Waals surface area contributed by atoms with Gasteiger partial charge in [0.2, 0.25) is 0 Å². The number of rotatable bonds is 3. The Balaban J connectivity index is 1.87. The van der Waals surface area contributed by atoms with E-state index in [1.54, 1.807) is 33.3 Å². The molecule has 0 saturated carbocycles. The van der Waals surface area contributed by atoms with Gasteiger partial charge < -0.3 is 5.73 Å². The summed E-state index contributed by atoms with van der Waals surface area (Å²) in [6.45, 7) is 2.33. The molecule has 4 heterocycles. The van der Waals surface area contributed by atoms with E-state index < -0.39 is 0 Å². The molecule has 1 aromatic carbocycles. The van der Waals surface area contributed by atoms with Crippen molar-refractivity contribution < 1.29 is 0 Å². The standard InChI is InChI=1S/C22H21N7O/c1-13-20(12-27(2)26-13)29-21-17-7-15(16-6-14(8-23)9-24-10-16)4-5-18(17)25-11-19(21)28(3)22(29)30/h4-7,9-12H,8,23H2,1-3H3. The van der Waals surface area contributed by atoms with Gasteiger partial charge >= 0.3 is 5.69 Å². The van der Waals surface area contributed by atoms with E-state index in [4.69, 9.17) is 5.73 Å². The number of nitrogens with zero attached hydrogens (tertiary/aromatic N) is 6. The van der Waals surface area contributed by atoms with Crippen molar-refractivity contribution in [1.82, 2.24) is 28.9 Å². The summed E-state index contributed by atoms with van der Waals surface area (Å²) in [6.07, 6.45) is 7.19. The second-order valence-electron chi connectivity index (χ2n) is 7.46. The molecule has 5 rings (SSSR count). The summed E-state index contributed by atoms with van der Waals surface area (Å²) < 4.78 is 5.06. The van der Waals surface area contributed by atoms with Gasteiger partial charge in [0.15, 0.2) is 0 Å². The monoisotopic (exact) mass is 399 g/mol.